The summed E-state index contributed by atoms with van der Waals surface area (Å²) in [5.41, 5.74) is 2.80. The van der Waals surface area contributed by atoms with E-state index in [-0.39, 0.29) is 17.2 Å². The van der Waals surface area contributed by atoms with Gasteiger partial charge in [0.1, 0.15) is 5.52 Å². The average molecular weight is 433 g/mol. The number of hydrogen-bond donors (Lipinski definition) is 2. The minimum atomic E-state index is -0.134. The summed E-state index contributed by atoms with van der Waals surface area (Å²) in [6.45, 7) is 7.06. The van der Waals surface area contributed by atoms with Crippen molar-refractivity contribution in [3.05, 3.63) is 57.0 Å². The van der Waals surface area contributed by atoms with Crippen molar-refractivity contribution in [1.82, 2.24) is 19.9 Å². The summed E-state index contributed by atoms with van der Waals surface area (Å²) in [5, 5.41) is 4.06. The van der Waals surface area contributed by atoms with Crippen LogP contribution in [-0.2, 0) is 17.9 Å². The Morgan fingerprint density at radius 3 is 2.83 bits per heavy atom. The molecule has 8 heteroatoms. The Morgan fingerprint density at radius 2 is 2.10 bits per heavy atom. The second-order valence-electron chi connectivity index (χ2n) is 7.40. The molecule has 0 spiro atoms. The lowest BCUT2D eigenvalue weighted by Crippen LogP contribution is -2.27. The molecule has 0 aliphatic rings. The number of fused-ring (bicyclic) bond motifs is 1. The maximum absolute atomic E-state index is 12.9. The summed E-state index contributed by atoms with van der Waals surface area (Å²) in [6.07, 6.45) is 0.860. The molecule has 0 fully saturated rings. The van der Waals surface area contributed by atoms with Gasteiger partial charge in [-0.1, -0.05) is 55.4 Å². The molecule has 2 heterocycles. The van der Waals surface area contributed by atoms with Gasteiger partial charge in [-0.2, -0.15) is 0 Å². The topological polar surface area (TPSA) is 79.8 Å². The van der Waals surface area contributed by atoms with Gasteiger partial charge in [-0.15, -0.1) is 0 Å². The van der Waals surface area contributed by atoms with Crippen LogP contribution in [0.2, 0.25) is 5.02 Å². The predicted octanol–water partition coefficient (Wildman–Crippen LogP) is 4.14. The fourth-order valence-corrected chi connectivity index (χ4v) is 3.98. The van der Waals surface area contributed by atoms with Gasteiger partial charge in [0.05, 0.1) is 11.3 Å². The largest absolute Gasteiger partial charge is 0.353 e. The van der Waals surface area contributed by atoms with Crippen molar-refractivity contribution in [2.45, 2.75) is 45.4 Å². The third-order valence-corrected chi connectivity index (χ3v) is 5.88. The Bertz CT molecular complexity index is 1070. The molecule has 0 bridgehead atoms. The van der Waals surface area contributed by atoms with Crippen LogP contribution in [0.3, 0.4) is 0 Å². The van der Waals surface area contributed by atoms with Gasteiger partial charge in [-0.3, -0.25) is 14.2 Å². The lowest BCUT2D eigenvalue weighted by Gasteiger charge is -2.13. The summed E-state index contributed by atoms with van der Waals surface area (Å²) >= 11 is 7.41. The molecule has 0 aliphatic heterocycles. The van der Waals surface area contributed by atoms with E-state index in [1.54, 1.807) is 10.6 Å². The van der Waals surface area contributed by atoms with Gasteiger partial charge in [0.25, 0.3) is 5.56 Å². The maximum Gasteiger partial charge on any atom is 0.278 e. The standard InChI is InChI=1S/C21H25ClN4O2S/c1-13(2)8-9-26-20(28)19-17(10-14(3)24-19)25-21(26)29-12-18(27)23-11-15-6-4-5-7-16(15)22/h4-7,10,13,24H,8-9,11-12H2,1-3H3,(H,23,27). The highest BCUT2D eigenvalue weighted by molar-refractivity contribution is 7.99. The Kier molecular flexibility index (Phi) is 7.03. The van der Waals surface area contributed by atoms with Crippen molar-refractivity contribution in [1.29, 1.82) is 0 Å². The van der Waals surface area contributed by atoms with Crippen LogP contribution in [0.5, 0.6) is 0 Å². The molecule has 0 unspecified atom stereocenters. The fraction of sp³-hybridized carbons (Fsp3) is 0.381. The van der Waals surface area contributed by atoms with Gasteiger partial charge in [-0.05, 0) is 37.0 Å². The Morgan fingerprint density at radius 1 is 1.34 bits per heavy atom. The van der Waals surface area contributed by atoms with Crippen molar-refractivity contribution in [2.24, 2.45) is 5.92 Å². The maximum atomic E-state index is 12.9. The lowest BCUT2D eigenvalue weighted by atomic mass is 10.1. The van der Waals surface area contributed by atoms with Crippen LogP contribution in [0.4, 0.5) is 0 Å². The highest BCUT2D eigenvalue weighted by Crippen LogP contribution is 2.20. The van der Waals surface area contributed by atoms with E-state index >= 15 is 0 Å². The molecule has 29 heavy (non-hydrogen) atoms. The van der Waals surface area contributed by atoms with E-state index in [4.69, 9.17) is 11.6 Å². The third kappa shape index (κ3) is 5.42. The summed E-state index contributed by atoms with van der Waals surface area (Å²) < 4.78 is 1.67. The van der Waals surface area contributed by atoms with E-state index in [1.165, 1.54) is 11.8 Å². The average Bonchev–Trinajstić information content (AvgIpc) is 3.05. The molecule has 2 N–H and O–H groups in total. The Hall–Kier alpha value is -2.25. The van der Waals surface area contributed by atoms with E-state index in [0.717, 1.165) is 17.7 Å². The van der Waals surface area contributed by atoms with Gasteiger partial charge in [-0.25, -0.2) is 4.98 Å². The summed E-state index contributed by atoms with van der Waals surface area (Å²) in [5.74, 6) is 0.498. The molecule has 154 valence electrons. The minimum Gasteiger partial charge on any atom is -0.353 e. The van der Waals surface area contributed by atoms with E-state index in [9.17, 15) is 9.59 Å². The molecule has 0 radical (unpaired) electrons. The number of carbonyl (C=O) groups excluding carboxylic acids is 1. The third-order valence-electron chi connectivity index (χ3n) is 4.53. The first-order valence-corrected chi connectivity index (χ1v) is 10.9. The van der Waals surface area contributed by atoms with Crippen molar-refractivity contribution < 1.29 is 4.79 Å². The van der Waals surface area contributed by atoms with Crippen LogP contribution in [0.1, 0.15) is 31.5 Å². The van der Waals surface area contributed by atoms with Gasteiger partial charge < -0.3 is 10.3 Å². The molecule has 0 saturated carbocycles. The van der Waals surface area contributed by atoms with Crippen LogP contribution in [0.15, 0.2) is 40.3 Å². The second-order valence-corrected chi connectivity index (χ2v) is 8.75. The molecule has 3 rings (SSSR count). The van der Waals surface area contributed by atoms with Crippen LogP contribution in [0, 0.1) is 12.8 Å². The number of nitrogens with zero attached hydrogens (tertiary/aromatic N) is 2. The number of hydrogen-bond acceptors (Lipinski definition) is 4. The van der Waals surface area contributed by atoms with Gasteiger partial charge in [0.15, 0.2) is 5.16 Å². The van der Waals surface area contributed by atoms with Gasteiger partial charge in [0, 0.05) is 23.8 Å². The quantitative estimate of drug-likeness (QED) is 0.414. The van der Waals surface area contributed by atoms with Crippen LogP contribution < -0.4 is 10.9 Å². The highest BCUT2D eigenvalue weighted by Gasteiger charge is 2.15. The zero-order chi connectivity index (χ0) is 21.0. The molecule has 3 aromatic rings. The first kappa shape index (κ1) is 21.5. The Labute approximate surface area is 179 Å². The SMILES string of the molecule is Cc1cc2nc(SCC(=O)NCc3ccccc3Cl)n(CCC(C)C)c(=O)c2[nH]1. The number of H-pyrrole nitrogens is 1. The number of aromatic nitrogens is 3. The molecule has 1 aromatic carbocycles. The van der Waals surface area contributed by atoms with Crippen molar-refractivity contribution in [3.63, 3.8) is 0 Å². The molecule has 0 atom stereocenters. The molecule has 2 aromatic heterocycles. The number of aromatic amines is 1. The van der Waals surface area contributed by atoms with E-state index in [0.29, 0.717) is 40.2 Å². The minimum absolute atomic E-state index is 0.0947. The number of rotatable bonds is 8. The Balaban J connectivity index is 1.74. The zero-order valence-electron chi connectivity index (χ0n) is 16.8. The fourth-order valence-electron chi connectivity index (χ4n) is 2.92. The molecular formula is C21H25ClN4O2S. The van der Waals surface area contributed by atoms with Crippen molar-refractivity contribution in [3.8, 4) is 0 Å². The van der Waals surface area contributed by atoms with Gasteiger partial charge >= 0.3 is 0 Å². The number of amides is 1. The van der Waals surface area contributed by atoms with E-state index < -0.39 is 0 Å². The molecule has 0 aliphatic carbocycles. The number of aryl methyl sites for hydroxylation is 1. The van der Waals surface area contributed by atoms with Crippen LogP contribution in [-0.4, -0.2) is 26.2 Å². The number of benzene rings is 1. The lowest BCUT2D eigenvalue weighted by molar-refractivity contribution is -0.118. The zero-order valence-corrected chi connectivity index (χ0v) is 18.4. The first-order chi connectivity index (χ1) is 13.8. The second kappa shape index (κ2) is 9.50. The molecular weight excluding hydrogens is 408 g/mol. The van der Waals surface area contributed by atoms with Gasteiger partial charge in [0.2, 0.25) is 5.91 Å². The predicted molar refractivity (Wildman–Crippen MR) is 119 cm³/mol. The smallest absolute Gasteiger partial charge is 0.278 e. The molecule has 0 saturated heterocycles. The molecule has 1 amide bonds. The normalized spacial score (nSPS) is 11.3. The number of nitrogens with one attached hydrogen (secondary N) is 2. The monoisotopic (exact) mass is 432 g/mol. The summed E-state index contributed by atoms with van der Waals surface area (Å²) in [6, 6.07) is 9.26. The van der Waals surface area contributed by atoms with Crippen LogP contribution in [0.25, 0.3) is 11.0 Å². The number of carbonyl (C=O) groups is 1. The van der Waals surface area contributed by atoms with Crippen molar-refractivity contribution >= 4 is 40.3 Å². The van der Waals surface area contributed by atoms with E-state index in [2.05, 4.69) is 29.1 Å². The number of halogens is 1. The van der Waals surface area contributed by atoms with Crippen molar-refractivity contribution in [2.75, 3.05) is 5.75 Å². The number of thioether (sulfide) groups is 1. The summed E-state index contributed by atoms with van der Waals surface area (Å²) in [4.78, 5) is 33.0. The molecule has 6 nitrogen and oxygen atoms in total. The first-order valence-electron chi connectivity index (χ1n) is 9.58. The van der Waals surface area contributed by atoms with E-state index in [1.807, 2.05) is 31.2 Å². The highest BCUT2D eigenvalue weighted by atomic mass is 35.5. The van der Waals surface area contributed by atoms with Crippen LogP contribution >= 0.6 is 23.4 Å². The summed E-state index contributed by atoms with van der Waals surface area (Å²) in [7, 11) is 0.